The molecule has 1 rings (SSSR count). The Morgan fingerprint density at radius 2 is 2.27 bits per heavy atom. The zero-order chi connectivity index (χ0) is 11.1. The first-order valence-corrected chi connectivity index (χ1v) is 5.26. The van der Waals surface area contributed by atoms with Crippen molar-refractivity contribution >= 4 is 0 Å². The highest BCUT2D eigenvalue weighted by Crippen LogP contribution is 2.10. The van der Waals surface area contributed by atoms with Gasteiger partial charge in [-0.25, -0.2) is 0 Å². The number of phenolic OH excluding ortho intramolecular Hbond substituents is 1. The van der Waals surface area contributed by atoms with Crippen LogP contribution in [0.5, 0.6) is 5.75 Å². The summed E-state index contributed by atoms with van der Waals surface area (Å²) in [4.78, 5) is 0. The van der Waals surface area contributed by atoms with Gasteiger partial charge in [-0.3, -0.25) is 0 Å². The average Bonchev–Trinajstić information content (AvgIpc) is 2.24. The van der Waals surface area contributed by atoms with Gasteiger partial charge in [0.25, 0.3) is 0 Å². The fourth-order valence-corrected chi connectivity index (χ4v) is 1.45. The molecule has 0 spiro atoms. The molecule has 1 aromatic rings. The molecule has 1 atom stereocenters. The highest BCUT2D eigenvalue weighted by molar-refractivity contribution is 5.26. The van der Waals surface area contributed by atoms with E-state index in [1.54, 1.807) is 19.2 Å². The van der Waals surface area contributed by atoms with E-state index in [4.69, 9.17) is 4.74 Å². The molecule has 0 unspecified atom stereocenters. The molecule has 15 heavy (non-hydrogen) atoms. The first-order chi connectivity index (χ1) is 7.26. The number of benzene rings is 1. The summed E-state index contributed by atoms with van der Waals surface area (Å²) in [5.74, 6) is 0.314. The minimum absolute atomic E-state index is 0.314. The highest BCUT2D eigenvalue weighted by Gasteiger charge is 2.04. The van der Waals surface area contributed by atoms with Crippen molar-refractivity contribution in [3.05, 3.63) is 29.8 Å². The largest absolute Gasteiger partial charge is 0.508 e. The molecule has 0 aliphatic rings. The molecular formula is C12H19NO2. The number of methoxy groups -OCH3 is 1. The van der Waals surface area contributed by atoms with E-state index >= 15 is 0 Å². The van der Waals surface area contributed by atoms with E-state index in [0.29, 0.717) is 11.8 Å². The molecule has 0 saturated carbocycles. The van der Waals surface area contributed by atoms with Crippen LogP contribution in [0.25, 0.3) is 0 Å². The second-order valence-electron chi connectivity index (χ2n) is 3.61. The molecule has 3 nitrogen and oxygen atoms in total. The lowest BCUT2D eigenvalue weighted by atomic mass is 10.2. The van der Waals surface area contributed by atoms with Crippen LogP contribution in [0.1, 0.15) is 18.9 Å². The fraction of sp³-hybridized carbons (Fsp3) is 0.500. The summed E-state index contributed by atoms with van der Waals surface area (Å²) in [7, 11) is 1.71. The van der Waals surface area contributed by atoms with Gasteiger partial charge >= 0.3 is 0 Å². The van der Waals surface area contributed by atoms with Crippen molar-refractivity contribution in [3.8, 4) is 5.75 Å². The van der Waals surface area contributed by atoms with Crippen LogP contribution >= 0.6 is 0 Å². The van der Waals surface area contributed by atoms with Crippen molar-refractivity contribution in [1.29, 1.82) is 0 Å². The molecule has 0 heterocycles. The molecule has 0 amide bonds. The third kappa shape index (κ3) is 4.32. The van der Waals surface area contributed by atoms with Crippen LogP contribution in [-0.2, 0) is 11.3 Å². The van der Waals surface area contributed by atoms with E-state index in [0.717, 1.165) is 25.1 Å². The van der Waals surface area contributed by atoms with Crippen molar-refractivity contribution < 1.29 is 9.84 Å². The quantitative estimate of drug-likeness (QED) is 0.752. The van der Waals surface area contributed by atoms with Crippen molar-refractivity contribution in [2.45, 2.75) is 25.9 Å². The molecule has 0 bridgehead atoms. The predicted octanol–water partition coefficient (Wildman–Crippen LogP) is 1.91. The van der Waals surface area contributed by atoms with Gasteiger partial charge in [0, 0.05) is 19.7 Å². The van der Waals surface area contributed by atoms with E-state index in [2.05, 4.69) is 12.2 Å². The molecule has 0 aliphatic heterocycles. The Labute approximate surface area is 91.1 Å². The standard InChI is InChI=1S/C12H19NO2/c1-3-11(9-15-2)13-8-10-5-4-6-12(14)7-10/h4-7,11,13-14H,3,8-9H2,1-2H3/t11-/m0/s1. The molecule has 0 aromatic heterocycles. The van der Waals surface area contributed by atoms with Crippen LogP contribution in [0, 0.1) is 0 Å². The Kier molecular flexibility index (Phi) is 5.15. The molecule has 2 N–H and O–H groups in total. The summed E-state index contributed by atoms with van der Waals surface area (Å²) in [5.41, 5.74) is 1.09. The van der Waals surface area contributed by atoms with Gasteiger partial charge in [-0.1, -0.05) is 19.1 Å². The Hall–Kier alpha value is -1.06. The van der Waals surface area contributed by atoms with Crippen molar-refractivity contribution in [3.63, 3.8) is 0 Å². The Morgan fingerprint density at radius 1 is 1.47 bits per heavy atom. The summed E-state index contributed by atoms with van der Waals surface area (Å²) >= 11 is 0. The van der Waals surface area contributed by atoms with Crippen LogP contribution in [-0.4, -0.2) is 24.9 Å². The van der Waals surface area contributed by atoms with Crippen molar-refractivity contribution in [1.82, 2.24) is 5.32 Å². The first kappa shape index (κ1) is 12.0. The normalized spacial score (nSPS) is 12.7. The molecule has 0 radical (unpaired) electrons. The van der Waals surface area contributed by atoms with Crippen LogP contribution in [0.2, 0.25) is 0 Å². The van der Waals surface area contributed by atoms with Gasteiger partial charge in [0.05, 0.1) is 6.61 Å². The Balaban J connectivity index is 2.41. The van der Waals surface area contributed by atoms with Gasteiger partial charge < -0.3 is 15.2 Å². The highest BCUT2D eigenvalue weighted by atomic mass is 16.5. The SMILES string of the molecule is CC[C@@H](COC)NCc1cccc(O)c1. The van der Waals surface area contributed by atoms with Crippen LogP contribution in [0.15, 0.2) is 24.3 Å². The third-order valence-corrected chi connectivity index (χ3v) is 2.37. The first-order valence-electron chi connectivity index (χ1n) is 5.26. The number of nitrogens with one attached hydrogen (secondary N) is 1. The van der Waals surface area contributed by atoms with E-state index < -0.39 is 0 Å². The fourth-order valence-electron chi connectivity index (χ4n) is 1.45. The lowest BCUT2D eigenvalue weighted by molar-refractivity contribution is 0.164. The van der Waals surface area contributed by atoms with Gasteiger partial charge in [-0.05, 0) is 24.1 Å². The second kappa shape index (κ2) is 6.43. The number of hydrogen-bond donors (Lipinski definition) is 2. The van der Waals surface area contributed by atoms with Gasteiger partial charge in [0.1, 0.15) is 5.75 Å². The Bertz CT molecular complexity index is 289. The third-order valence-electron chi connectivity index (χ3n) is 2.37. The minimum atomic E-state index is 0.314. The summed E-state index contributed by atoms with van der Waals surface area (Å²) < 4.78 is 5.10. The maximum absolute atomic E-state index is 9.29. The van der Waals surface area contributed by atoms with Crippen molar-refractivity contribution in [2.75, 3.05) is 13.7 Å². The summed E-state index contributed by atoms with van der Waals surface area (Å²) in [6.07, 6.45) is 1.03. The van der Waals surface area contributed by atoms with Gasteiger partial charge in [-0.15, -0.1) is 0 Å². The number of aromatic hydroxyl groups is 1. The average molecular weight is 209 g/mol. The Morgan fingerprint density at radius 3 is 2.87 bits per heavy atom. The monoisotopic (exact) mass is 209 g/mol. The molecule has 0 saturated heterocycles. The van der Waals surface area contributed by atoms with Gasteiger partial charge in [0.2, 0.25) is 0 Å². The van der Waals surface area contributed by atoms with E-state index in [9.17, 15) is 5.11 Å². The lowest BCUT2D eigenvalue weighted by Gasteiger charge is -2.15. The van der Waals surface area contributed by atoms with Crippen LogP contribution in [0.4, 0.5) is 0 Å². The van der Waals surface area contributed by atoms with Gasteiger partial charge in [0.15, 0.2) is 0 Å². The van der Waals surface area contributed by atoms with Gasteiger partial charge in [-0.2, -0.15) is 0 Å². The predicted molar refractivity (Wildman–Crippen MR) is 60.9 cm³/mol. The molecule has 0 fully saturated rings. The zero-order valence-corrected chi connectivity index (χ0v) is 9.36. The smallest absolute Gasteiger partial charge is 0.115 e. The molecule has 84 valence electrons. The van der Waals surface area contributed by atoms with Crippen LogP contribution < -0.4 is 5.32 Å². The van der Waals surface area contributed by atoms with Crippen molar-refractivity contribution in [2.24, 2.45) is 0 Å². The van der Waals surface area contributed by atoms with E-state index in [-0.39, 0.29) is 0 Å². The summed E-state index contributed by atoms with van der Waals surface area (Å²) in [5, 5.41) is 12.7. The summed E-state index contributed by atoms with van der Waals surface area (Å²) in [6, 6.07) is 7.66. The number of ether oxygens (including phenoxy) is 1. The molecule has 3 heteroatoms. The van der Waals surface area contributed by atoms with Crippen LogP contribution in [0.3, 0.4) is 0 Å². The van der Waals surface area contributed by atoms with E-state index in [1.807, 2.05) is 12.1 Å². The molecule has 0 aliphatic carbocycles. The zero-order valence-electron chi connectivity index (χ0n) is 9.36. The van der Waals surface area contributed by atoms with E-state index in [1.165, 1.54) is 0 Å². The molecular weight excluding hydrogens is 190 g/mol. The topological polar surface area (TPSA) is 41.5 Å². The maximum Gasteiger partial charge on any atom is 0.115 e. The minimum Gasteiger partial charge on any atom is -0.508 e. The maximum atomic E-state index is 9.29. The number of rotatable bonds is 6. The second-order valence-corrected chi connectivity index (χ2v) is 3.61. The lowest BCUT2D eigenvalue weighted by Crippen LogP contribution is -2.31. The summed E-state index contributed by atoms with van der Waals surface area (Å²) in [6.45, 7) is 3.60. The number of hydrogen-bond acceptors (Lipinski definition) is 3. The molecule has 1 aromatic carbocycles. The number of phenols is 1.